The van der Waals surface area contributed by atoms with Crippen LogP contribution in [0.4, 0.5) is 4.39 Å². The normalized spacial score (nSPS) is 10.3. The molecule has 0 amide bonds. The third-order valence-electron chi connectivity index (χ3n) is 1.83. The third kappa shape index (κ3) is 1.42. The van der Waals surface area contributed by atoms with E-state index in [-0.39, 0.29) is 5.69 Å². The molecule has 1 aromatic carbocycles. The predicted octanol–water partition coefficient (Wildman–Crippen LogP) is 1.92. The van der Waals surface area contributed by atoms with Gasteiger partial charge in [-0.25, -0.2) is 0 Å². The quantitative estimate of drug-likeness (QED) is 0.723. The number of aromatic nitrogens is 3. The molecule has 13 heavy (non-hydrogen) atoms. The van der Waals surface area contributed by atoms with Crippen LogP contribution >= 0.6 is 0 Å². The highest BCUT2D eigenvalue weighted by Crippen LogP contribution is 2.18. The summed E-state index contributed by atoms with van der Waals surface area (Å²) in [5.74, 6) is -0.566. The minimum Gasteiger partial charge on any atom is -0.194 e. The number of nitrogens with one attached hydrogen (secondary N) is 1. The van der Waals surface area contributed by atoms with Gasteiger partial charge in [-0.3, -0.25) is 0 Å². The maximum atomic E-state index is 12.9. The Hall–Kier alpha value is -1.71. The fourth-order valence-corrected chi connectivity index (χ4v) is 1.11. The molecule has 0 unspecified atom stereocenters. The Morgan fingerprint density at radius 2 is 1.85 bits per heavy atom. The standard InChI is InChI=1S/C9H8FN3/c1-6-2-4-7(5-3-6)8-9(10)12-13-11-8/h2-5H,1H3,(H,11,12,13). The molecule has 0 atom stereocenters. The van der Waals surface area contributed by atoms with Crippen LogP contribution in [-0.4, -0.2) is 15.4 Å². The molecule has 1 aromatic heterocycles. The molecular formula is C9H8FN3. The van der Waals surface area contributed by atoms with E-state index in [0.717, 1.165) is 11.1 Å². The fraction of sp³-hybridized carbons (Fsp3) is 0.111. The number of nitrogens with zero attached hydrogens (tertiary/aromatic N) is 2. The third-order valence-corrected chi connectivity index (χ3v) is 1.83. The number of aryl methyl sites for hydroxylation is 1. The van der Waals surface area contributed by atoms with Crippen LogP contribution in [0.3, 0.4) is 0 Å². The van der Waals surface area contributed by atoms with E-state index in [1.54, 1.807) is 0 Å². The van der Waals surface area contributed by atoms with Gasteiger partial charge in [0.1, 0.15) is 5.69 Å². The van der Waals surface area contributed by atoms with Crippen LogP contribution in [0.2, 0.25) is 0 Å². The lowest BCUT2D eigenvalue weighted by Crippen LogP contribution is -1.82. The predicted molar refractivity (Wildman–Crippen MR) is 46.5 cm³/mol. The molecule has 2 aromatic rings. The lowest BCUT2D eigenvalue weighted by molar-refractivity contribution is 0.581. The van der Waals surface area contributed by atoms with Crippen molar-refractivity contribution < 1.29 is 4.39 Å². The van der Waals surface area contributed by atoms with Crippen LogP contribution in [-0.2, 0) is 0 Å². The molecule has 1 heterocycles. The van der Waals surface area contributed by atoms with Crippen molar-refractivity contribution in [2.45, 2.75) is 6.92 Å². The first kappa shape index (κ1) is 7.91. The zero-order valence-electron chi connectivity index (χ0n) is 7.08. The summed E-state index contributed by atoms with van der Waals surface area (Å²) in [6.45, 7) is 1.98. The van der Waals surface area contributed by atoms with Crippen LogP contribution in [0.1, 0.15) is 5.56 Å². The summed E-state index contributed by atoms with van der Waals surface area (Å²) in [5.41, 5.74) is 2.13. The minimum atomic E-state index is -0.566. The molecule has 0 fully saturated rings. The van der Waals surface area contributed by atoms with Gasteiger partial charge in [-0.1, -0.05) is 29.8 Å². The van der Waals surface area contributed by atoms with Crippen LogP contribution in [0, 0.1) is 12.9 Å². The Morgan fingerprint density at radius 3 is 2.38 bits per heavy atom. The highest BCUT2D eigenvalue weighted by atomic mass is 19.1. The maximum Gasteiger partial charge on any atom is 0.260 e. The summed E-state index contributed by atoms with van der Waals surface area (Å²) in [6.07, 6.45) is 0. The number of benzene rings is 1. The smallest absolute Gasteiger partial charge is 0.194 e. The lowest BCUT2D eigenvalue weighted by atomic mass is 10.1. The van der Waals surface area contributed by atoms with Crippen molar-refractivity contribution in [2.24, 2.45) is 0 Å². The number of hydrogen-bond acceptors (Lipinski definition) is 2. The number of halogens is 1. The Balaban J connectivity index is 2.47. The first-order valence-electron chi connectivity index (χ1n) is 3.90. The lowest BCUT2D eigenvalue weighted by Gasteiger charge is -1.95. The number of rotatable bonds is 1. The largest absolute Gasteiger partial charge is 0.260 e. The maximum absolute atomic E-state index is 12.9. The second kappa shape index (κ2) is 2.97. The molecule has 0 radical (unpaired) electrons. The highest BCUT2D eigenvalue weighted by Gasteiger charge is 2.08. The first-order valence-corrected chi connectivity index (χ1v) is 3.90. The SMILES string of the molecule is Cc1ccc(-c2n[nH]nc2F)cc1. The Morgan fingerprint density at radius 1 is 1.15 bits per heavy atom. The van der Waals surface area contributed by atoms with E-state index >= 15 is 0 Å². The average Bonchev–Trinajstić information content (AvgIpc) is 2.53. The minimum absolute atomic E-state index is 0.264. The van der Waals surface area contributed by atoms with Gasteiger partial charge in [0.05, 0.1) is 0 Å². The molecule has 1 N–H and O–H groups in total. The monoisotopic (exact) mass is 177 g/mol. The van der Waals surface area contributed by atoms with Gasteiger partial charge in [0.15, 0.2) is 0 Å². The van der Waals surface area contributed by atoms with Crippen LogP contribution in [0.15, 0.2) is 24.3 Å². The zero-order chi connectivity index (χ0) is 9.26. The molecule has 0 aliphatic carbocycles. The van der Waals surface area contributed by atoms with Crippen molar-refractivity contribution in [2.75, 3.05) is 0 Å². The molecular weight excluding hydrogens is 169 g/mol. The average molecular weight is 177 g/mol. The van der Waals surface area contributed by atoms with Gasteiger partial charge in [-0.15, -0.1) is 5.10 Å². The zero-order valence-corrected chi connectivity index (χ0v) is 7.08. The summed E-state index contributed by atoms with van der Waals surface area (Å²) in [5, 5.41) is 9.25. The van der Waals surface area contributed by atoms with Gasteiger partial charge in [-0.2, -0.15) is 14.7 Å². The second-order valence-electron chi connectivity index (χ2n) is 2.83. The van der Waals surface area contributed by atoms with Crippen LogP contribution in [0.5, 0.6) is 0 Å². The van der Waals surface area contributed by atoms with Gasteiger partial charge < -0.3 is 0 Å². The summed E-state index contributed by atoms with van der Waals surface area (Å²) in [7, 11) is 0. The molecule has 2 rings (SSSR count). The van der Waals surface area contributed by atoms with E-state index in [2.05, 4.69) is 15.4 Å². The van der Waals surface area contributed by atoms with Crippen molar-refractivity contribution >= 4 is 0 Å². The Kier molecular flexibility index (Phi) is 1.81. The van der Waals surface area contributed by atoms with Gasteiger partial charge >= 0.3 is 0 Å². The second-order valence-corrected chi connectivity index (χ2v) is 2.83. The van der Waals surface area contributed by atoms with Crippen molar-refractivity contribution in [3.05, 3.63) is 35.8 Å². The Labute approximate surface area is 74.6 Å². The number of hydrogen-bond donors (Lipinski definition) is 1. The topological polar surface area (TPSA) is 41.6 Å². The fourth-order valence-electron chi connectivity index (χ4n) is 1.11. The van der Waals surface area contributed by atoms with Crippen molar-refractivity contribution in [1.82, 2.24) is 15.4 Å². The van der Waals surface area contributed by atoms with E-state index in [1.165, 1.54) is 0 Å². The van der Waals surface area contributed by atoms with E-state index in [1.807, 2.05) is 31.2 Å². The van der Waals surface area contributed by atoms with Gasteiger partial charge in [0.25, 0.3) is 5.95 Å². The van der Waals surface area contributed by atoms with E-state index < -0.39 is 5.95 Å². The summed E-state index contributed by atoms with van der Waals surface area (Å²) < 4.78 is 12.9. The molecule has 66 valence electrons. The van der Waals surface area contributed by atoms with Gasteiger partial charge in [0, 0.05) is 5.56 Å². The highest BCUT2D eigenvalue weighted by molar-refractivity contribution is 5.58. The molecule has 0 spiro atoms. The number of aromatic amines is 1. The van der Waals surface area contributed by atoms with Crippen molar-refractivity contribution in [3.8, 4) is 11.3 Å². The van der Waals surface area contributed by atoms with Gasteiger partial charge in [0.2, 0.25) is 0 Å². The molecule has 0 saturated heterocycles. The molecule has 3 nitrogen and oxygen atoms in total. The molecule has 0 aliphatic rings. The van der Waals surface area contributed by atoms with Crippen molar-refractivity contribution in [3.63, 3.8) is 0 Å². The number of H-pyrrole nitrogens is 1. The van der Waals surface area contributed by atoms with Crippen molar-refractivity contribution in [1.29, 1.82) is 0 Å². The van der Waals surface area contributed by atoms with E-state index in [9.17, 15) is 4.39 Å². The summed E-state index contributed by atoms with van der Waals surface area (Å²) in [6, 6.07) is 7.44. The molecule has 4 heteroatoms. The van der Waals surface area contributed by atoms with Gasteiger partial charge in [-0.05, 0) is 6.92 Å². The first-order chi connectivity index (χ1) is 6.27. The van der Waals surface area contributed by atoms with Crippen LogP contribution < -0.4 is 0 Å². The molecule has 0 aliphatic heterocycles. The van der Waals surface area contributed by atoms with Crippen LogP contribution in [0.25, 0.3) is 11.3 Å². The molecule has 0 saturated carbocycles. The summed E-state index contributed by atoms with van der Waals surface area (Å²) >= 11 is 0. The Bertz CT molecular complexity index is 405. The molecule has 0 bridgehead atoms. The van der Waals surface area contributed by atoms with E-state index in [4.69, 9.17) is 0 Å². The van der Waals surface area contributed by atoms with E-state index in [0.29, 0.717) is 0 Å². The summed E-state index contributed by atoms with van der Waals surface area (Å²) in [4.78, 5) is 0.